The quantitative estimate of drug-likeness (QED) is 0.830. The second kappa shape index (κ2) is 6.67. The van der Waals surface area contributed by atoms with Crippen molar-refractivity contribution in [1.82, 2.24) is 15.1 Å². The van der Waals surface area contributed by atoms with Gasteiger partial charge in [-0.2, -0.15) is 5.10 Å². The van der Waals surface area contributed by atoms with E-state index in [1.54, 1.807) is 13.1 Å². The van der Waals surface area contributed by atoms with E-state index >= 15 is 0 Å². The first-order chi connectivity index (χ1) is 9.65. The Bertz CT molecular complexity index is 549. The molecule has 20 heavy (non-hydrogen) atoms. The van der Waals surface area contributed by atoms with Crippen molar-refractivity contribution in [3.05, 3.63) is 24.1 Å². The van der Waals surface area contributed by atoms with Gasteiger partial charge in [-0.1, -0.05) is 0 Å². The van der Waals surface area contributed by atoms with Gasteiger partial charge in [0.05, 0.1) is 17.4 Å². The van der Waals surface area contributed by atoms with Crippen LogP contribution in [-0.4, -0.2) is 60.0 Å². The number of aromatic amines is 1. The maximum Gasteiger partial charge on any atom is 0.148 e. The highest BCUT2D eigenvalue weighted by molar-refractivity contribution is 5.82. The number of rotatable bonds is 1. The van der Waals surface area contributed by atoms with E-state index in [0.29, 0.717) is 5.69 Å². The van der Waals surface area contributed by atoms with Crippen molar-refractivity contribution >= 4 is 16.6 Å². The first-order valence-corrected chi connectivity index (χ1v) is 6.82. The minimum absolute atomic E-state index is 0.175. The minimum atomic E-state index is -0.175. The molecule has 0 spiro atoms. The molecule has 1 aliphatic rings. The summed E-state index contributed by atoms with van der Waals surface area (Å²) in [4.78, 5) is 4.35. The van der Waals surface area contributed by atoms with Crippen molar-refractivity contribution in [1.29, 1.82) is 0 Å². The van der Waals surface area contributed by atoms with E-state index in [1.165, 1.54) is 6.07 Å². The lowest BCUT2D eigenvalue weighted by Gasteiger charge is -2.34. The molecule has 3 rings (SSSR count). The summed E-state index contributed by atoms with van der Waals surface area (Å²) in [5.41, 5.74) is 1.44. The average molecular weight is 280 g/mol. The summed E-state index contributed by atoms with van der Waals surface area (Å²) in [5, 5.41) is 15.2. The zero-order chi connectivity index (χ0) is 14.5. The van der Waals surface area contributed by atoms with Gasteiger partial charge in [-0.15, -0.1) is 0 Å². The molecule has 0 bridgehead atoms. The summed E-state index contributed by atoms with van der Waals surface area (Å²) >= 11 is 0. The number of piperazine rings is 1. The number of halogens is 1. The standard InChI is InChI=1S/C12H15FN4.C2H6O/c1-16-2-4-17(5-3-16)12-6-9-8-14-15-11(9)7-10(12)13;1-2-3/h6-8H,2-5H2,1H3,(H,14,15);3H,2H2,1H3. The molecule has 0 amide bonds. The summed E-state index contributed by atoms with van der Waals surface area (Å²) in [7, 11) is 2.09. The predicted octanol–water partition coefficient (Wildman–Crippen LogP) is 1.45. The van der Waals surface area contributed by atoms with Crippen molar-refractivity contribution in [3.63, 3.8) is 0 Å². The van der Waals surface area contributed by atoms with Crippen LogP contribution in [0.4, 0.5) is 10.1 Å². The van der Waals surface area contributed by atoms with Crippen molar-refractivity contribution in [2.45, 2.75) is 6.92 Å². The summed E-state index contributed by atoms with van der Waals surface area (Å²) in [5.74, 6) is -0.175. The molecule has 2 heterocycles. The van der Waals surface area contributed by atoms with Crippen molar-refractivity contribution in [2.75, 3.05) is 44.7 Å². The van der Waals surface area contributed by atoms with Crippen LogP contribution < -0.4 is 4.90 Å². The normalized spacial score (nSPS) is 16.1. The van der Waals surface area contributed by atoms with Crippen LogP contribution in [0.15, 0.2) is 18.3 Å². The highest BCUT2D eigenvalue weighted by atomic mass is 19.1. The fourth-order valence-corrected chi connectivity index (χ4v) is 2.24. The molecule has 6 heteroatoms. The predicted molar refractivity (Wildman–Crippen MR) is 78.5 cm³/mol. The lowest BCUT2D eigenvalue weighted by Crippen LogP contribution is -2.44. The number of H-pyrrole nitrogens is 1. The van der Waals surface area contributed by atoms with Crippen LogP contribution >= 0.6 is 0 Å². The molecule has 110 valence electrons. The first kappa shape index (κ1) is 14.7. The van der Waals surface area contributed by atoms with Gasteiger partial charge in [0.15, 0.2) is 0 Å². The third-order valence-corrected chi connectivity index (χ3v) is 3.35. The van der Waals surface area contributed by atoms with Crippen molar-refractivity contribution < 1.29 is 9.50 Å². The maximum absolute atomic E-state index is 14.0. The van der Waals surface area contributed by atoms with E-state index in [4.69, 9.17) is 5.11 Å². The molecule has 2 aromatic rings. The van der Waals surface area contributed by atoms with Crippen LogP contribution in [0.5, 0.6) is 0 Å². The molecule has 5 nitrogen and oxygen atoms in total. The Morgan fingerprint density at radius 3 is 2.60 bits per heavy atom. The lowest BCUT2D eigenvalue weighted by atomic mass is 10.2. The number of nitrogens with zero attached hydrogens (tertiary/aromatic N) is 3. The molecule has 2 N–H and O–H groups in total. The van der Waals surface area contributed by atoms with Crippen LogP contribution in [0, 0.1) is 5.82 Å². The first-order valence-electron chi connectivity index (χ1n) is 6.82. The zero-order valence-electron chi connectivity index (χ0n) is 11.9. The summed E-state index contributed by atoms with van der Waals surface area (Å²) in [6, 6.07) is 3.40. The fraction of sp³-hybridized carbons (Fsp3) is 0.500. The molecule has 1 saturated heterocycles. The molecular weight excluding hydrogens is 259 g/mol. The fourth-order valence-electron chi connectivity index (χ4n) is 2.24. The van der Waals surface area contributed by atoms with Gasteiger partial charge in [0.25, 0.3) is 0 Å². The van der Waals surface area contributed by atoms with Crippen LogP contribution in [0.25, 0.3) is 10.9 Å². The number of aliphatic hydroxyl groups is 1. The third-order valence-electron chi connectivity index (χ3n) is 3.35. The lowest BCUT2D eigenvalue weighted by molar-refractivity contribution is 0.312. The number of hydrogen-bond acceptors (Lipinski definition) is 4. The van der Waals surface area contributed by atoms with Gasteiger partial charge in [0, 0.05) is 44.2 Å². The van der Waals surface area contributed by atoms with Gasteiger partial charge < -0.3 is 14.9 Å². The van der Waals surface area contributed by atoms with Crippen LogP contribution in [0.3, 0.4) is 0 Å². The van der Waals surface area contributed by atoms with Gasteiger partial charge in [-0.25, -0.2) is 4.39 Å². The van der Waals surface area contributed by atoms with E-state index < -0.39 is 0 Å². The topological polar surface area (TPSA) is 55.4 Å². The van der Waals surface area contributed by atoms with Crippen molar-refractivity contribution in [2.24, 2.45) is 0 Å². The molecule has 1 aromatic heterocycles. The molecule has 1 aliphatic heterocycles. The largest absolute Gasteiger partial charge is 0.397 e. The Morgan fingerprint density at radius 2 is 1.95 bits per heavy atom. The monoisotopic (exact) mass is 280 g/mol. The van der Waals surface area contributed by atoms with Gasteiger partial charge in [0.1, 0.15) is 5.82 Å². The number of aromatic nitrogens is 2. The molecule has 0 saturated carbocycles. The van der Waals surface area contributed by atoms with Gasteiger partial charge in [0.2, 0.25) is 0 Å². The summed E-state index contributed by atoms with van der Waals surface area (Å²) in [6.45, 7) is 5.62. The van der Waals surface area contributed by atoms with Gasteiger partial charge in [-0.05, 0) is 20.0 Å². The second-order valence-corrected chi connectivity index (χ2v) is 4.87. The number of anilines is 1. The third kappa shape index (κ3) is 3.26. The maximum atomic E-state index is 14.0. The Kier molecular flexibility index (Phi) is 4.92. The Morgan fingerprint density at radius 1 is 1.30 bits per heavy atom. The average Bonchev–Trinajstić information content (AvgIpc) is 2.87. The van der Waals surface area contributed by atoms with E-state index in [2.05, 4.69) is 27.0 Å². The molecule has 0 radical (unpaired) electrons. The highest BCUT2D eigenvalue weighted by Gasteiger charge is 2.18. The summed E-state index contributed by atoms with van der Waals surface area (Å²) < 4.78 is 14.0. The molecular formula is C14H21FN4O. The Balaban J connectivity index is 0.000000452. The minimum Gasteiger partial charge on any atom is -0.397 e. The zero-order valence-corrected chi connectivity index (χ0v) is 11.9. The van der Waals surface area contributed by atoms with Crippen molar-refractivity contribution in [3.8, 4) is 0 Å². The number of fused-ring (bicyclic) bond motifs is 1. The molecule has 0 atom stereocenters. The van der Waals surface area contributed by atoms with E-state index in [-0.39, 0.29) is 12.4 Å². The van der Waals surface area contributed by atoms with Gasteiger partial charge >= 0.3 is 0 Å². The van der Waals surface area contributed by atoms with E-state index in [0.717, 1.165) is 37.1 Å². The van der Waals surface area contributed by atoms with Crippen LogP contribution in [-0.2, 0) is 0 Å². The Hall–Kier alpha value is -1.66. The Labute approximate surface area is 118 Å². The number of benzene rings is 1. The smallest absolute Gasteiger partial charge is 0.148 e. The number of hydrogen-bond donors (Lipinski definition) is 2. The summed E-state index contributed by atoms with van der Waals surface area (Å²) in [6.07, 6.45) is 1.73. The number of likely N-dealkylation sites (N-methyl/N-ethyl adjacent to an activating group) is 1. The van der Waals surface area contributed by atoms with E-state index in [1.807, 2.05) is 6.07 Å². The molecule has 1 aromatic carbocycles. The van der Waals surface area contributed by atoms with Gasteiger partial charge in [-0.3, -0.25) is 5.10 Å². The highest BCUT2D eigenvalue weighted by Crippen LogP contribution is 2.25. The molecule has 1 fully saturated rings. The molecule has 0 aliphatic carbocycles. The van der Waals surface area contributed by atoms with E-state index in [9.17, 15) is 4.39 Å². The van der Waals surface area contributed by atoms with Crippen LogP contribution in [0.1, 0.15) is 6.92 Å². The number of aliphatic hydroxyl groups excluding tert-OH is 1. The SMILES string of the molecule is CCO.CN1CCN(c2cc3cn[nH]c3cc2F)CC1. The van der Waals surface area contributed by atoms with Crippen LogP contribution in [0.2, 0.25) is 0 Å². The number of nitrogens with one attached hydrogen (secondary N) is 1. The second-order valence-electron chi connectivity index (χ2n) is 4.87. The molecule has 0 unspecified atom stereocenters.